The van der Waals surface area contributed by atoms with Crippen LogP contribution in [0.5, 0.6) is 0 Å². The monoisotopic (exact) mass is 365 g/mol. The number of aryl methyl sites for hydroxylation is 2. The molecule has 1 N–H and O–H groups in total. The third kappa shape index (κ3) is 3.94. The van der Waals surface area contributed by atoms with Gasteiger partial charge in [0.05, 0.1) is 12.6 Å². The lowest BCUT2D eigenvalue weighted by atomic mass is 9.95. The van der Waals surface area contributed by atoms with E-state index < -0.39 is 0 Å². The fraction of sp³-hybridized carbons (Fsp3) is 0.524. The first kappa shape index (κ1) is 17.9. The zero-order chi connectivity index (χ0) is 18.6. The molecule has 2 aliphatic rings. The van der Waals surface area contributed by atoms with Gasteiger partial charge in [0.25, 0.3) is 0 Å². The molecule has 4 rings (SSSR count). The molecular weight excluding hydrogens is 338 g/mol. The number of hydrogen-bond acceptors (Lipinski definition) is 4. The van der Waals surface area contributed by atoms with Crippen LogP contribution in [0.4, 0.5) is 4.79 Å². The van der Waals surface area contributed by atoms with Gasteiger partial charge in [-0.1, -0.05) is 6.07 Å². The van der Waals surface area contributed by atoms with Gasteiger partial charge in [0.15, 0.2) is 0 Å². The summed E-state index contributed by atoms with van der Waals surface area (Å²) in [5, 5.41) is 3.04. The van der Waals surface area contributed by atoms with E-state index in [0.717, 1.165) is 55.7 Å². The summed E-state index contributed by atoms with van der Waals surface area (Å²) in [6, 6.07) is 4.05. The van der Waals surface area contributed by atoms with Gasteiger partial charge in [-0.05, 0) is 69.1 Å². The second-order valence-electron chi connectivity index (χ2n) is 7.51. The van der Waals surface area contributed by atoms with Crippen molar-refractivity contribution in [2.75, 3.05) is 6.54 Å². The van der Waals surface area contributed by atoms with Crippen LogP contribution in [0.1, 0.15) is 66.5 Å². The summed E-state index contributed by atoms with van der Waals surface area (Å²) in [6.07, 6.45) is 11.3. The van der Waals surface area contributed by atoms with Crippen LogP contribution in [-0.2, 0) is 19.4 Å². The third-order valence-corrected chi connectivity index (χ3v) is 5.67. The highest BCUT2D eigenvalue weighted by Crippen LogP contribution is 2.30. The summed E-state index contributed by atoms with van der Waals surface area (Å²) in [5.41, 5.74) is 4.65. The molecule has 2 aromatic rings. The van der Waals surface area contributed by atoms with Gasteiger partial charge >= 0.3 is 6.03 Å². The number of urea groups is 1. The number of aromatic nitrogens is 3. The van der Waals surface area contributed by atoms with Crippen LogP contribution in [-0.4, -0.2) is 32.4 Å². The van der Waals surface area contributed by atoms with E-state index in [1.165, 1.54) is 24.1 Å². The number of hydrogen-bond donors (Lipinski definition) is 1. The number of nitrogens with one attached hydrogen (secondary N) is 1. The highest BCUT2D eigenvalue weighted by molar-refractivity contribution is 5.74. The molecule has 0 radical (unpaired) electrons. The van der Waals surface area contributed by atoms with Gasteiger partial charge < -0.3 is 10.2 Å². The lowest BCUT2D eigenvalue weighted by Crippen LogP contribution is -2.44. The molecule has 6 nitrogen and oxygen atoms in total. The van der Waals surface area contributed by atoms with Crippen LogP contribution < -0.4 is 5.32 Å². The molecule has 2 aromatic heterocycles. The summed E-state index contributed by atoms with van der Waals surface area (Å²) in [7, 11) is 0. The Morgan fingerprint density at radius 1 is 1.22 bits per heavy atom. The second-order valence-corrected chi connectivity index (χ2v) is 7.51. The molecule has 142 valence electrons. The fourth-order valence-corrected chi connectivity index (χ4v) is 4.27. The molecule has 2 amide bonds. The van der Waals surface area contributed by atoms with Crippen molar-refractivity contribution in [3.8, 4) is 0 Å². The minimum absolute atomic E-state index is 0.0393. The average Bonchev–Trinajstić information content (AvgIpc) is 2.73. The molecule has 1 aliphatic heterocycles. The van der Waals surface area contributed by atoms with Gasteiger partial charge in [-0.3, -0.25) is 4.98 Å². The van der Waals surface area contributed by atoms with E-state index in [-0.39, 0.29) is 12.1 Å². The molecule has 0 bridgehead atoms. The van der Waals surface area contributed by atoms with E-state index >= 15 is 0 Å². The minimum Gasteiger partial charge on any atom is -0.331 e. The van der Waals surface area contributed by atoms with Crippen molar-refractivity contribution in [3.05, 3.63) is 52.9 Å². The first-order chi connectivity index (χ1) is 13.2. The van der Waals surface area contributed by atoms with Crippen LogP contribution in [0.25, 0.3) is 0 Å². The summed E-state index contributed by atoms with van der Waals surface area (Å²) in [5.74, 6) is 0.719. The van der Waals surface area contributed by atoms with Crippen LogP contribution >= 0.6 is 0 Å². The smallest absolute Gasteiger partial charge is 0.318 e. The Kier molecular flexibility index (Phi) is 5.32. The van der Waals surface area contributed by atoms with Gasteiger partial charge in [0, 0.05) is 30.3 Å². The van der Waals surface area contributed by atoms with E-state index in [9.17, 15) is 4.79 Å². The Bertz CT molecular complexity index is 808. The number of carbonyl (C=O) groups is 1. The van der Waals surface area contributed by atoms with Gasteiger partial charge in [-0.15, -0.1) is 0 Å². The maximum atomic E-state index is 12.9. The van der Waals surface area contributed by atoms with Crippen molar-refractivity contribution in [1.29, 1.82) is 0 Å². The molecule has 0 unspecified atom stereocenters. The molecule has 1 atom stereocenters. The van der Waals surface area contributed by atoms with Gasteiger partial charge in [-0.25, -0.2) is 14.8 Å². The van der Waals surface area contributed by atoms with Crippen molar-refractivity contribution < 1.29 is 4.79 Å². The van der Waals surface area contributed by atoms with Gasteiger partial charge in [-0.2, -0.15) is 0 Å². The van der Waals surface area contributed by atoms with E-state index in [0.29, 0.717) is 6.54 Å². The minimum atomic E-state index is -0.0393. The Balaban J connectivity index is 1.45. The Hall–Kier alpha value is -2.50. The van der Waals surface area contributed by atoms with E-state index in [4.69, 9.17) is 4.98 Å². The molecule has 6 heteroatoms. The predicted molar refractivity (Wildman–Crippen MR) is 103 cm³/mol. The number of rotatable bonds is 3. The van der Waals surface area contributed by atoms with Crippen LogP contribution in [0.15, 0.2) is 24.5 Å². The lowest BCUT2D eigenvalue weighted by Gasteiger charge is -2.35. The van der Waals surface area contributed by atoms with Crippen molar-refractivity contribution in [2.24, 2.45) is 0 Å². The topological polar surface area (TPSA) is 71.0 Å². The number of piperidine rings is 1. The summed E-state index contributed by atoms with van der Waals surface area (Å²) < 4.78 is 0. The number of likely N-dealkylation sites (tertiary alicyclic amines) is 1. The van der Waals surface area contributed by atoms with Gasteiger partial charge in [0.1, 0.15) is 5.82 Å². The van der Waals surface area contributed by atoms with Crippen molar-refractivity contribution in [3.63, 3.8) is 0 Å². The zero-order valence-corrected chi connectivity index (χ0v) is 15.9. The Labute approximate surface area is 160 Å². The summed E-state index contributed by atoms with van der Waals surface area (Å²) >= 11 is 0. The maximum absolute atomic E-state index is 12.9. The number of carbonyl (C=O) groups excluding carboxylic acids is 1. The maximum Gasteiger partial charge on any atom is 0.318 e. The molecule has 1 fully saturated rings. The fourth-order valence-electron chi connectivity index (χ4n) is 4.27. The molecule has 1 aliphatic carbocycles. The second kappa shape index (κ2) is 8.03. The van der Waals surface area contributed by atoms with Crippen LogP contribution in [0.2, 0.25) is 0 Å². The first-order valence-corrected chi connectivity index (χ1v) is 10.0. The lowest BCUT2D eigenvalue weighted by molar-refractivity contribution is 0.150. The Morgan fingerprint density at radius 3 is 2.96 bits per heavy atom. The molecule has 3 heterocycles. The largest absolute Gasteiger partial charge is 0.331 e. The summed E-state index contributed by atoms with van der Waals surface area (Å²) in [6.45, 7) is 3.21. The third-order valence-electron chi connectivity index (χ3n) is 5.67. The number of fused-ring (bicyclic) bond motifs is 1. The van der Waals surface area contributed by atoms with Crippen molar-refractivity contribution in [1.82, 2.24) is 25.2 Å². The highest BCUT2D eigenvalue weighted by atomic mass is 16.2. The molecule has 27 heavy (non-hydrogen) atoms. The van der Waals surface area contributed by atoms with Crippen molar-refractivity contribution >= 4 is 6.03 Å². The number of pyridine rings is 1. The van der Waals surface area contributed by atoms with Gasteiger partial charge in [0.2, 0.25) is 0 Å². The SMILES string of the molecule is Cc1nc(CNC(=O)N2CCCC[C@@H]2c2cccnc2)nc2c1CCCC2. The number of nitrogens with zero attached hydrogens (tertiary/aromatic N) is 4. The van der Waals surface area contributed by atoms with Crippen LogP contribution in [0.3, 0.4) is 0 Å². The molecule has 0 spiro atoms. The molecule has 0 aromatic carbocycles. The first-order valence-electron chi connectivity index (χ1n) is 10.0. The van der Waals surface area contributed by atoms with Crippen LogP contribution in [0, 0.1) is 6.92 Å². The quantitative estimate of drug-likeness (QED) is 0.904. The predicted octanol–water partition coefficient (Wildman–Crippen LogP) is 3.50. The molecule has 0 saturated carbocycles. The molecular formula is C21H27N5O. The number of amides is 2. The normalized spacial score (nSPS) is 19.4. The zero-order valence-electron chi connectivity index (χ0n) is 15.9. The Morgan fingerprint density at radius 2 is 2.11 bits per heavy atom. The summed E-state index contributed by atoms with van der Waals surface area (Å²) in [4.78, 5) is 28.4. The van der Waals surface area contributed by atoms with E-state index in [2.05, 4.69) is 28.3 Å². The standard InChI is InChI=1S/C21H27N5O/c1-15-17-8-2-3-9-18(17)25-20(24-15)14-23-21(27)26-12-5-4-10-19(26)16-7-6-11-22-13-16/h6-7,11,13,19H,2-5,8-10,12,14H2,1H3,(H,23,27)/t19-/m1/s1. The van der Waals surface area contributed by atoms with Crippen molar-refractivity contribution in [2.45, 2.75) is 64.5 Å². The van der Waals surface area contributed by atoms with E-state index in [1.54, 1.807) is 6.20 Å². The highest BCUT2D eigenvalue weighted by Gasteiger charge is 2.28. The molecule has 1 saturated heterocycles. The van der Waals surface area contributed by atoms with E-state index in [1.807, 2.05) is 17.2 Å². The average molecular weight is 365 g/mol.